The molecule has 1 aliphatic rings. The van der Waals surface area contributed by atoms with E-state index in [1.54, 1.807) is 34.9 Å². The van der Waals surface area contributed by atoms with E-state index in [4.69, 9.17) is 0 Å². The number of benzene rings is 3. The lowest BCUT2D eigenvalue weighted by molar-refractivity contribution is 0.102. The Morgan fingerprint density at radius 1 is 0.909 bits per heavy atom. The summed E-state index contributed by atoms with van der Waals surface area (Å²) < 4.78 is 1.57. The fourth-order valence-corrected chi connectivity index (χ4v) is 4.46. The monoisotopic (exact) mass is 438 g/mol. The van der Waals surface area contributed by atoms with Gasteiger partial charge in [-0.2, -0.15) is 0 Å². The summed E-state index contributed by atoms with van der Waals surface area (Å²) in [5.74, 6) is 0.420. The molecule has 6 heteroatoms. The van der Waals surface area contributed by atoms with E-state index in [1.807, 2.05) is 38.1 Å². The summed E-state index contributed by atoms with van der Waals surface area (Å²) in [6.45, 7) is 6.00. The van der Waals surface area contributed by atoms with Crippen LogP contribution >= 0.6 is 0 Å². The molecule has 0 bridgehead atoms. The molecule has 5 rings (SSSR count). The maximum absolute atomic E-state index is 13.0. The Morgan fingerprint density at radius 3 is 2.33 bits per heavy atom. The zero-order chi connectivity index (χ0) is 22.9. The molecule has 166 valence electrons. The second-order valence-electron chi connectivity index (χ2n) is 8.51. The Balaban J connectivity index is 1.37. The van der Waals surface area contributed by atoms with E-state index >= 15 is 0 Å². The van der Waals surface area contributed by atoms with E-state index in [0.29, 0.717) is 28.0 Å². The number of anilines is 2. The lowest BCUT2D eigenvalue weighted by atomic mass is 10.1. The maximum atomic E-state index is 13.0. The molecule has 33 heavy (non-hydrogen) atoms. The first-order valence-corrected chi connectivity index (χ1v) is 11.3. The predicted molar refractivity (Wildman–Crippen MR) is 133 cm³/mol. The third-order valence-corrected chi connectivity index (χ3v) is 6.26. The first kappa shape index (κ1) is 20.9. The number of nitrogens with one attached hydrogen (secondary N) is 1. The normalized spacial score (nSPS) is 13.5. The lowest BCUT2D eigenvalue weighted by Gasteiger charge is -2.19. The number of amides is 1. The molecule has 1 aliphatic heterocycles. The summed E-state index contributed by atoms with van der Waals surface area (Å²) in [5, 5.41) is 3.58. The Kier molecular flexibility index (Phi) is 5.42. The lowest BCUT2D eigenvalue weighted by Crippen LogP contribution is -2.22. The van der Waals surface area contributed by atoms with Gasteiger partial charge in [0.15, 0.2) is 0 Å². The highest BCUT2D eigenvalue weighted by Gasteiger charge is 2.15. The van der Waals surface area contributed by atoms with Crippen LogP contribution < -0.4 is 15.8 Å². The summed E-state index contributed by atoms with van der Waals surface area (Å²) in [7, 11) is 0. The van der Waals surface area contributed by atoms with Crippen molar-refractivity contribution in [1.82, 2.24) is 9.55 Å². The van der Waals surface area contributed by atoms with Crippen molar-refractivity contribution in [3.8, 4) is 5.69 Å². The van der Waals surface area contributed by atoms with E-state index in [2.05, 4.69) is 27.3 Å². The molecule has 3 aromatic carbocycles. The van der Waals surface area contributed by atoms with Crippen molar-refractivity contribution in [3.63, 3.8) is 0 Å². The molecule has 1 N–H and O–H groups in total. The molecule has 4 aromatic rings. The van der Waals surface area contributed by atoms with Gasteiger partial charge in [0.1, 0.15) is 5.82 Å². The van der Waals surface area contributed by atoms with Crippen LogP contribution in [-0.2, 0) is 0 Å². The number of rotatable bonds is 4. The van der Waals surface area contributed by atoms with Gasteiger partial charge in [0.2, 0.25) is 0 Å². The van der Waals surface area contributed by atoms with Crippen molar-refractivity contribution in [3.05, 3.63) is 94.0 Å². The number of fused-ring (bicyclic) bond motifs is 1. The molecular weight excluding hydrogens is 412 g/mol. The number of hydrogen-bond acceptors (Lipinski definition) is 4. The van der Waals surface area contributed by atoms with Crippen LogP contribution in [0.4, 0.5) is 11.4 Å². The smallest absolute Gasteiger partial charge is 0.265 e. The number of para-hydroxylation sites is 1. The van der Waals surface area contributed by atoms with Crippen molar-refractivity contribution < 1.29 is 4.79 Å². The van der Waals surface area contributed by atoms with E-state index in [-0.39, 0.29) is 11.5 Å². The minimum absolute atomic E-state index is 0.121. The zero-order valence-corrected chi connectivity index (χ0v) is 18.8. The van der Waals surface area contributed by atoms with Crippen LogP contribution in [0.3, 0.4) is 0 Å². The largest absolute Gasteiger partial charge is 0.372 e. The third kappa shape index (κ3) is 4.00. The zero-order valence-electron chi connectivity index (χ0n) is 18.8. The summed E-state index contributed by atoms with van der Waals surface area (Å²) in [6, 6.07) is 20.5. The Bertz CT molecular complexity index is 1400. The maximum Gasteiger partial charge on any atom is 0.265 e. The van der Waals surface area contributed by atoms with Crippen LogP contribution in [0, 0.1) is 13.8 Å². The van der Waals surface area contributed by atoms with Crippen LogP contribution in [0.2, 0.25) is 0 Å². The van der Waals surface area contributed by atoms with E-state index in [1.165, 1.54) is 18.5 Å². The van der Waals surface area contributed by atoms with Gasteiger partial charge in [-0.1, -0.05) is 12.1 Å². The second kappa shape index (κ2) is 8.54. The quantitative estimate of drug-likeness (QED) is 0.494. The average molecular weight is 439 g/mol. The Hall–Kier alpha value is -3.93. The molecular formula is C27H26N4O2. The minimum atomic E-state index is -0.181. The fourth-order valence-electron chi connectivity index (χ4n) is 4.46. The number of aromatic nitrogens is 2. The first-order chi connectivity index (χ1) is 16.0. The molecule has 6 nitrogen and oxygen atoms in total. The highest BCUT2D eigenvalue weighted by Crippen LogP contribution is 2.26. The molecule has 2 heterocycles. The molecule has 0 saturated carbocycles. The van der Waals surface area contributed by atoms with Gasteiger partial charge in [-0.25, -0.2) is 4.98 Å². The minimum Gasteiger partial charge on any atom is -0.372 e. The summed E-state index contributed by atoms with van der Waals surface area (Å²) in [5.41, 5.74) is 4.81. The van der Waals surface area contributed by atoms with Gasteiger partial charge in [0.05, 0.1) is 16.6 Å². The van der Waals surface area contributed by atoms with E-state index in [9.17, 15) is 9.59 Å². The topological polar surface area (TPSA) is 67.2 Å². The van der Waals surface area contributed by atoms with Gasteiger partial charge < -0.3 is 10.2 Å². The summed E-state index contributed by atoms with van der Waals surface area (Å²) >= 11 is 0. The highest BCUT2D eigenvalue weighted by atomic mass is 16.1. The second-order valence-corrected chi connectivity index (χ2v) is 8.51. The molecule has 1 amide bonds. The van der Waals surface area contributed by atoms with Crippen molar-refractivity contribution in [2.24, 2.45) is 0 Å². The van der Waals surface area contributed by atoms with Crippen LogP contribution in [0.25, 0.3) is 16.6 Å². The molecule has 0 aliphatic carbocycles. The Labute approximate surface area is 192 Å². The molecule has 1 saturated heterocycles. The number of carbonyl (C=O) groups is 1. The van der Waals surface area contributed by atoms with Gasteiger partial charge in [-0.05, 0) is 86.8 Å². The van der Waals surface area contributed by atoms with Crippen LogP contribution in [0.1, 0.15) is 34.6 Å². The van der Waals surface area contributed by atoms with Gasteiger partial charge in [-0.3, -0.25) is 14.2 Å². The molecule has 0 atom stereocenters. The van der Waals surface area contributed by atoms with E-state index in [0.717, 1.165) is 24.3 Å². The van der Waals surface area contributed by atoms with Crippen molar-refractivity contribution >= 4 is 28.2 Å². The summed E-state index contributed by atoms with van der Waals surface area (Å²) in [4.78, 5) is 32.8. The highest BCUT2D eigenvalue weighted by molar-refractivity contribution is 6.04. The number of aryl methyl sites for hydroxylation is 2. The SMILES string of the molecule is Cc1cc(N2CCCC2)ccc1NC(=O)c1ccc(-n2c(C)nc3ccccc3c2=O)cc1. The van der Waals surface area contributed by atoms with Crippen molar-refractivity contribution in [1.29, 1.82) is 0 Å². The number of carbonyl (C=O) groups excluding carboxylic acids is 1. The number of nitrogens with zero attached hydrogens (tertiary/aromatic N) is 3. The van der Waals surface area contributed by atoms with Gasteiger partial charge in [0, 0.05) is 30.0 Å². The van der Waals surface area contributed by atoms with Crippen LogP contribution in [0.15, 0.2) is 71.5 Å². The van der Waals surface area contributed by atoms with Crippen LogP contribution in [-0.4, -0.2) is 28.5 Å². The molecule has 1 aromatic heterocycles. The standard InChI is InChI=1S/C27H26N4O2/c1-18-17-22(30-15-5-6-16-30)13-14-24(18)29-26(32)20-9-11-21(12-10-20)31-19(2)28-25-8-4-3-7-23(25)27(31)33/h3-4,7-14,17H,5-6,15-16H2,1-2H3,(H,29,32). The first-order valence-electron chi connectivity index (χ1n) is 11.3. The van der Waals surface area contributed by atoms with Gasteiger partial charge >= 0.3 is 0 Å². The molecule has 0 spiro atoms. The van der Waals surface area contributed by atoms with E-state index < -0.39 is 0 Å². The van der Waals surface area contributed by atoms with Gasteiger partial charge in [-0.15, -0.1) is 0 Å². The summed E-state index contributed by atoms with van der Waals surface area (Å²) in [6.07, 6.45) is 2.46. The molecule has 0 radical (unpaired) electrons. The predicted octanol–water partition coefficient (Wildman–Crippen LogP) is 4.86. The van der Waals surface area contributed by atoms with Gasteiger partial charge in [0.25, 0.3) is 11.5 Å². The Morgan fingerprint density at radius 2 is 1.61 bits per heavy atom. The fraction of sp³-hybridized carbons (Fsp3) is 0.222. The third-order valence-electron chi connectivity index (χ3n) is 6.26. The van der Waals surface area contributed by atoms with Crippen molar-refractivity contribution in [2.45, 2.75) is 26.7 Å². The molecule has 0 unspecified atom stereocenters. The van der Waals surface area contributed by atoms with Crippen molar-refractivity contribution in [2.75, 3.05) is 23.3 Å². The average Bonchev–Trinajstić information content (AvgIpc) is 3.36. The number of hydrogen-bond donors (Lipinski definition) is 1. The van der Waals surface area contributed by atoms with Crippen LogP contribution in [0.5, 0.6) is 0 Å². The molecule has 1 fully saturated rings.